The van der Waals surface area contributed by atoms with E-state index in [0.717, 1.165) is 19.5 Å². The fourth-order valence-corrected chi connectivity index (χ4v) is 2.41. The zero-order valence-corrected chi connectivity index (χ0v) is 10.9. The fourth-order valence-electron chi connectivity index (χ4n) is 2.41. The van der Waals surface area contributed by atoms with Crippen molar-refractivity contribution in [2.45, 2.75) is 12.5 Å². The second kappa shape index (κ2) is 5.20. The second-order valence-corrected chi connectivity index (χ2v) is 4.80. The Morgan fingerprint density at radius 3 is 2.85 bits per heavy atom. The summed E-state index contributed by atoms with van der Waals surface area (Å²) in [5.41, 5.74) is 6.89. The molecular weight excluding hydrogens is 256 g/mol. The van der Waals surface area contributed by atoms with Gasteiger partial charge in [0.05, 0.1) is 0 Å². The van der Waals surface area contributed by atoms with Crippen LogP contribution in [-0.4, -0.2) is 40.4 Å². The molecule has 1 aliphatic heterocycles. The molecule has 1 aromatic carbocycles. The van der Waals surface area contributed by atoms with Gasteiger partial charge in [-0.25, -0.2) is 0 Å². The first-order chi connectivity index (χ1) is 9.74. The van der Waals surface area contributed by atoms with Crippen molar-refractivity contribution in [3.8, 4) is 0 Å². The normalized spacial score (nSPS) is 18.2. The van der Waals surface area contributed by atoms with Crippen LogP contribution >= 0.6 is 0 Å². The number of rotatable bonds is 3. The summed E-state index contributed by atoms with van der Waals surface area (Å²) >= 11 is 0. The molecule has 3 rings (SSSR count). The van der Waals surface area contributed by atoms with Crippen molar-refractivity contribution in [3.63, 3.8) is 0 Å². The van der Waals surface area contributed by atoms with Crippen LogP contribution < -0.4 is 16.0 Å². The summed E-state index contributed by atoms with van der Waals surface area (Å²) in [7, 11) is 0. The van der Waals surface area contributed by atoms with Gasteiger partial charge in [0.1, 0.15) is 0 Å². The third-order valence-corrected chi connectivity index (χ3v) is 3.43. The van der Waals surface area contributed by atoms with Gasteiger partial charge < -0.3 is 16.0 Å². The monoisotopic (exact) mass is 272 g/mol. The molecule has 1 saturated heterocycles. The zero-order chi connectivity index (χ0) is 13.9. The molecule has 7 nitrogen and oxygen atoms in total. The standard InChI is InChI=1S/C13H16N6O/c14-12-11(16-18-17-12)13(20)15-9-6-7-19(8-9)10-4-2-1-3-5-10/h1-5,9H,6-8H2,(H,15,20)(H3,14,16,17,18). The average Bonchev–Trinajstić information content (AvgIpc) is 3.09. The maximum absolute atomic E-state index is 12.0. The number of nitrogens with zero attached hydrogens (tertiary/aromatic N) is 3. The minimum atomic E-state index is -0.281. The number of nitrogen functional groups attached to an aromatic ring is 1. The smallest absolute Gasteiger partial charge is 0.275 e. The summed E-state index contributed by atoms with van der Waals surface area (Å²) in [5, 5.41) is 12.7. The molecule has 0 aliphatic carbocycles. The van der Waals surface area contributed by atoms with Crippen LogP contribution in [0.2, 0.25) is 0 Å². The summed E-state index contributed by atoms with van der Waals surface area (Å²) in [6, 6.07) is 10.2. The van der Waals surface area contributed by atoms with Crippen LogP contribution in [-0.2, 0) is 0 Å². The highest BCUT2D eigenvalue weighted by Gasteiger charge is 2.25. The molecule has 2 aromatic rings. The third-order valence-electron chi connectivity index (χ3n) is 3.43. The molecule has 4 N–H and O–H groups in total. The molecule has 1 unspecified atom stereocenters. The van der Waals surface area contributed by atoms with Crippen molar-refractivity contribution in [2.75, 3.05) is 23.7 Å². The van der Waals surface area contributed by atoms with E-state index in [1.165, 1.54) is 5.69 Å². The van der Waals surface area contributed by atoms with E-state index in [4.69, 9.17) is 5.73 Å². The van der Waals surface area contributed by atoms with Gasteiger partial charge in [-0.2, -0.15) is 5.21 Å². The van der Waals surface area contributed by atoms with E-state index in [1.54, 1.807) is 0 Å². The number of para-hydroxylation sites is 1. The topological polar surface area (TPSA) is 99.9 Å². The molecule has 0 bridgehead atoms. The maximum atomic E-state index is 12.0. The van der Waals surface area contributed by atoms with E-state index < -0.39 is 0 Å². The van der Waals surface area contributed by atoms with Crippen molar-refractivity contribution >= 4 is 17.4 Å². The first kappa shape index (κ1) is 12.5. The van der Waals surface area contributed by atoms with Crippen molar-refractivity contribution in [1.82, 2.24) is 20.7 Å². The van der Waals surface area contributed by atoms with Gasteiger partial charge in [0.15, 0.2) is 11.5 Å². The number of nitrogens with one attached hydrogen (secondary N) is 2. The Morgan fingerprint density at radius 2 is 2.15 bits per heavy atom. The van der Waals surface area contributed by atoms with E-state index >= 15 is 0 Å². The lowest BCUT2D eigenvalue weighted by Crippen LogP contribution is -2.37. The van der Waals surface area contributed by atoms with Crippen molar-refractivity contribution in [2.24, 2.45) is 0 Å². The first-order valence-corrected chi connectivity index (χ1v) is 6.51. The lowest BCUT2D eigenvalue weighted by atomic mass is 10.2. The van der Waals surface area contributed by atoms with Crippen molar-refractivity contribution in [1.29, 1.82) is 0 Å². The van der Waals surface area contributed by atoms with Gasteiger partial charge in [-0.05, 0) is 18.6 Å². The highest BCUT2D eigenvalue weighted by molar-refractivity contribution is 5.96. The molecule has 1 atom stereocenters. The van der Waals surface area contributed by atoms with Gasteiger partial charge >= 0.3 is 0 Å². The van der Waals surface area contributed by atoms with Crippen molar-refractivity contribution in [3.05, 3.63) is 36.0 Å². The molecule has 0 radical (unpaired) electrons. The van der Waals surface area contributed by atoms with E-state index in [0.29, 0.717) is 0 Å². The van der Waals surface area contributed by atoms with Crippen LogP contribution in [0.4, 0.5) is 11.5 Å². The highest BCUT2D eigenvalue weighted by Crippen LogP contribution is 2.19. The lowest BCUT2D eigenvalue weighted by Gasteiger charge is -2.18. The summed E-state index contributed by atoms with van der Waals surface area (Å²) < 4.78 is 0. The van der Waals surface area contributed by atoms with Gasteiger partial charge in [0.25, 0.3) is 5.91 Å². The SMILES string of the molecule is Nc1n[nH]nc1C(=O)NC1CCN(c2ccccc2)C1. The highest BCUT2D eigenvalue weighted by atomic mass is 16.2. The van der Waals surface area contributed by atoms with Crippen LogP contribution in [0.3, 0.4) is 0 Å². The quantitative estimate of drug-likeness (QED) is 0.750. The average molecular weight is 272 g/mol. The predicted octanol–water partition coefficient (Wildman–Crippen LogP) is 0.396. The number of carbonyl (C=O) groups excluding carboxylic acids is 1. The molecule has 1 aromatic heterocycles. The van der Waals surface area contributed by atoms with Crippen LogP contribution in [0.5, 0.6) is 0 Å². The molecule has 104 valence electrons. The molecule has 1 fully saturated rings. The first-order valence-electron chi connectivity index (χ1n) is 6.51. The summed E-state index contributed by atoms with van der Waals surface area (Å²) in [6.07, 6.45) is 0.901. The Hall–Kier alpha value is -2.57. The minimum absolute atomic E-state index is 0.0961. The number of amides is 1. The Bertz CT molecular complexity index is 596. The number of H-pyrrole nitrogens is 1. The number of nitrogens with two attached hydrogens (primary N) is 1. The second-order valence-electron chi connectivity index (χ2n) is 4.80. The van der Waals surface area contributed by atoms with E-state index in [2.05, 4.69) is 37.8 Å². The van der Waals surface area contributed by atoms with Crippen LogP contribution in [0.25, 0.3) is 0 Å². The lowest BCUT2D eigenvalue weighted by molar-refractivity contribution is 0.0936. The number of carbonyl (C=O) groups is 1. The van der Waals surface area contributed by atoms with Crippen LogP contribution in [0.1, 0.15) is 16.9 Å². The summed E-state index contributed by atoms with van der Waals surface area (Å²) in [4.78, 5) is 14.2. The van der Waals surface area contributed by atoms with Crippen LogP contribution in [0.15, 0.2) is 30.3 Å². The Morgan fingerprint density at radius 1 is 1.35 bits per heavy atom. The number of aromatic amines is 1. The summed E-state index contributed by atoms with van der Waals surface area (Å²) in [6.45, 7) is 1.71. The van der Waals surface area contributed by atoms with Gasteiger partial charge in [0, 0.05) is 24.8 Å². The van der Waals surface area contributed by atoms with E-state index in [9.17, 15) is 4.79 Å². The van der Waals surface area contributed by atoms with Gasteiger partial charge in [-0.1, -0.05) is 18.2 Å². The minimum Gasteiger partial charge on any atom is -0.380 e. The Kier molecular flexibility index (Phi) is 3.24. The number of aromatic nitrogens is 3. The number of anilines is 2. The summed E-state index contributed by atoms with van der Waals surface area (Å²) in [5.74, 6) is -0.156. The van der Waals surface area contributed by atoms with Gasteiger partial charge in [-0.15, -0.1) is 10.2 Å². The fraction of sp³-hybridized carbons (Fsp3) is 0.308. The number of benzene rings is 1. The maximum Gasteiger partial charge on any atom is 0.275 e. The molecule has 0 saturated carbocycles. The number of hydrogen-bond acceptors (Lipinski definition) is 5. The molecular formula is C13H16N6O. The zero-order valence-electron chi connectivity index (χ0n) is 10.9. The third kappa shape index (κ3) is 2.42. The molecule has 1 aliphatic rings. The largest absolute Gasteiger partial charge is 0.380 e. The molecule has 2 heterocycles. The predicted molar refractivity (Wildman–Crippen MR) is 75.3 cm³/mol. The van der Waals surface area contributed by atoms with E-state index in [1.807, 2.05) is 18.2 Å². The number of hydrogen-bond donors (Lipinski definition) is 3. The Labute approximate surface area is 116 Å². The Balaban J connectivity index is 1.61. The van der Waals surface area contributed by atoms with Crippen molar-refractivity contribution < 1.29 is 4.79 Å². The van der Waals surface area contributed by atoms with E-state index in [-0.39, 0.29) is 23.5 Å². The van der Waals surface area contributed by atoms with Crippen LogP contribution in [0, 0.1) is 0 Å². The molecule has 7 heteroatoms. The van der Waals surface area contributed by atoms with Gasteiger partial charge in [-0.3, -0.25) is 4.79 Å². The van der Waals surface area contributed by atoms with Gasteiger partial charge in [0.2, 0.25) is 0 Å². The molecule has 20 heavy (non-hydrogen) atoms. The molecule has 0 spiro atoms. The molecule has 1 amide bonds.